The molecule has 1 aromatic heterocycles. The second-order valence-electron chi connectivity index (χ2n) is 4.42. The van der Waals surface area contributed by atoms with Crippen molar-refractivity contribution < 1.29 is 8.42 Å². The Morgan fingerprint density at radius 1 is 1.48 bits per heavy atom. The summed E-state index contributed by atoms with van der Waals surface area (Å²) in [6, 6.07) is 3.28. The Hall–Kier alpha value is -1.25. The summed E-state index contributed by atoms with van der Waals surface area (Å²) in [6.45, 7) is 4.20. The number of aromatic nitrogens is 2. The van der Waals surface area contributed by atoms with E-state index in [0.717, 1.165) is 5.56 Å². The lowest BCUT2D eigenvalue weighted by molar-refractivity contribution is 0.600. The maximum absolute atomic E-state index is 12.4. The van der Waals surface area contributed by atoms with Crippen molar-refractivity contribution in [2.45, 2.75) is 25.3 Å². The lowest BCUT2D eigenvalue weighted by atomic mass is 10.2. The summed E-state index contributed by atoms with van der Waals surface area (Å²) >= 11 is 9.33. The molecule has 0 saturated carbocycles. The number of nitrogen functional groups attached to an aromatic ring is 1. The summed E-state index contributed by atoms with van der Waals surface area (Å²) in [4.78, 5) is -0.0621. The van der Waals surface area contributed by atoms with Gasteiger partial charge in [0.15, 0.2) is 5.82 Å². The zero-order valence-electron chi connectivity index (χ0n) is 11.4. The number of hydrogen-bond acceptors (Lipinski definition) is 4. The summed E-state index contributed by atoms with van der Waals surface area (Å²) in [5, 5.41) is 4.39. The number of rotatable bonds is 4. The van der Waals surface area contributed by atoms with Gasteiger partial charge in [0, 0.05) is 22.2 Å². The first kappa shape index (κ1) is 16.1. The summed E-state index contributed by atoms with van der Waals surface area (Å²) in [6.07, 6.45) is 1.39. The molecule has 0 aliphatic carbocycles. The average molecular weight is 394 g/mol. The molecule has 0 radical (unpaired) electrons. The van der Waals surface area contributed by atoms with Crippen LogP contribution in [0.2, 0.25) is 5.02 Å². The predicted octanol–water partition coefficient (Wildman–Crippen LogP) is 3.01. The van der Waals surface area contributed by atoms with Gasteiger partial charge in [-0.05, 0) is 47.5 Å². The molecule has 21 heavy (non-hydrogen) atoms. The molecule has 1 aromatic carbocycles. The van der Waals surface area contributed by atoms with Crippen molar-refractivity contribution in [2.75, 3.05) is 10.5 Å². The Labute approximate surface area is 136 Å². The van der Waals surface area contributed by atoms with Crippen molar-refractivity contribution in [3.63, 3.8) is 0 Å². The van der Waals surface area contributed by atoms with E-state index >= 15 is 0 Å². The number of anilines is 2. The van der Waals surface area contributed by atoms with Crippen LogP contribution in [0, 0.1) is 6.92 Å². The third kappa shape index (κ3) is 3.33. The van der Waals surface area contributed by atoms with Crippen LogP contribution in [0.4, 0.5) is 11.5 Å². The number of nitrogens with two attached hydrogens (primary N) is 1. The first-order valence-corrected chi connectivity index (χ1v) is 8.71. The third-order valence-corrected chi connectivity index (χ3v) is 5.31. The molecule has 114 valence electrons. The topological polar surface area (TPSA) is 90.0 Å². The minimum atomic E-state index is -3.83. The monoisotopic (exact) mass is 392 g/mol. The van der Waals surface area contributed by atoms with E-state index in [1.54, 1.807) is 12.1 Å². The van der Waals surface area contributed by atoms with Crippen LogP contribution < -0.4 is 10.5 Å². The molecule has 0 atom stereocenters. The molecular weight excluding hydrogens is 380 g/mol. The molecule has 2 aromatic rings. The van der Waals surface area contributed by atoms with E-state index in [4.69, 9.17) is 17.3 Å². The van der Waals surface area contributed by atoms with Gasteiger partial charge in [-0.25, -0.2) is 8.42 Å². The minimum absolute atomic E-state index is 0.0429. The highest BCUT2D eigenvalue weighted by molar-refractivity contribution is 9.10. The summed E-state index contributed by atoms with van der Waals surface area (Å²) in [7, 11) is -3.83. The largest absolute Gasteiger partial charge is 0.381 e. The first-order valence-electron chi connectivity index (χ1n) is 6.06. The highest BCUT2D eigenvalue weighted by atomic mass is 79.9. The number of benzene rings is 1. The fourth-order valence-electron chi connectivity index (χ4n) is 1.71. The van der Waals surface area contributed by atoms with Crippen LogP contribution in [-0.2, 0) is 16.6 Å². The normalized spacial score (nSPS) is 11.6. The average Bonchev–Trinajstić information content (AvgIpc) is 2.78. The number of nitrogens with zero attached hydrogens (tertiary/aromatic N) is 2. The van der Waals surface area contributed by atoms with E-state index in [9.17, 15) is 8.42 Å². The van der Waals surface area contributed by atoms with Gasteiger partial charge in [-0.2, -0.15) is 5.10 Å². The van der Waals surface area contributed by atoms with Crippen LogP contribution in [0.5, 0.6) is 0 Å². The second-order valence-corrected chi connectivity index (χ2v) is 7.33. The molecule has 2 rings (SSSR count). The minimum Gasteiger partial charge on any atom is -0.381 e. The van der Waals surface area contributed by atoms with Gasteiger partial charge in [-0.15, -0.1) is 0 Å². The van der Waals surface area contributed by atoms with Crippen LogP contribution in [0.25, 0.3) is 0 Å². The summed E-state index contributed by atoms with van der Waals surface area (Å²) in [5.74, 6) is -0.0429. The maximum atomic E-state index is 12.4. The van der Waals surface area contributed by atoms with E-state index in [1.165, 1.54) is 10.9 Å². The van der Waals surface area contributed by atoms with Gasteiger partial charge in [0.1, 0.15) is 4.90 Å². The predicted molar refractivity (Wildman–Crippen MR) is 87.0 cm³/mol. The molecule has 9 heteroatoms. The van der Waals surface area contributed by atoms with Gasteiger partial charge < -0.3 is 5.73 Å². The summed E-state index contributed by atoms with van der Waals surface area (Å²) in [5.41, 5.74) is 6.84. The molecule has 6 nitrogen and oxygen atoms in total. The van der Waals surface area contributed by atoms with Gasteiger partial charge in [0.05, 0.1) is 5.69 Å². The van der Waals surface area contributed by atoms with Gasteiger partial charge in [-0.1, -0.05) is 11.6 Å². The molecule has 0 saturated heterocycles. The number of sulfonamides is 1. The van der Waals surface area contributed by atoms with Gasteiger partial charge in [-0.3, -0.25) is 9.40 Å². The van der Waals surface area contributed by atoms with Crippen LogP contribution in [0.3, 0.4) is 0 Å². The second kappa shape index (κ2) is 5.86. The molecule has 0 amide bonds. The zero-order chi connectivity index (χ0) is 15.8. The molecule has 0 spiro atoms. The molecular formula is C12H14BrClN4O2S. The zero-order valence-corrected chi connectivity index (χ0v) is 14.6. The fourth-order valence-corrected chi connectivity index (χ4v) is 3.71. The molecule has 3 N–H and O–H groups in total. The SMILES string of the molecule is CCn1cc(S(=O)(=O)Nc2cc(Cl)c(C)cc2Br)c(N)n1. The van der Waals surface area contributed by atoms with Crippen LogP contribution in [0.1, 0.15) is 12.5 Å². The number of aryl methyl sites for hydroxylation is 2. The molecule has 0 bridgehead atoms. The fraction of sp³-hybridized carbons (Fsp3) is 0.250. The number of hydrogen-bond donors (Lipinski definition) is 2. The highest BCUT2D eigenvalue weighted by Crippen LogP contribution is 2.31. The van der Waals surface area contributed by atoms with Gasteiger partial charge in [0.25, 0.3) is 10.0 Å². The number of halogens is 2. The van der Waals surface area contributed by atoms with Gasteiger partial charge in [0.2, 0.25) is 0 Å². The van der Waals surface area contributed by atoms with Crippen molar-refractivity contribution in [3.8, 4) is 0 Å². The molecule has 1 heterocycles. The Balaban J connectivity index is 2.42. The lowest BCUT2D eigenvalue weighted by Gasteiger charge is -2.10. The van der Waals surface area contributed by atoms with Crippen molar-refractivity contribution in [1.82, 2.24) is 9.78 Å². The highest BCUT2D eigenvalue weighted by Gasteiger charge is 2.22. The Kier molecular flexibility index (Phi) is 4.50. The smallest absolute Gasteiger partial charge is 0.267 e. The van der Waals surface area contributed by atoms with Crippen molar-refractivity contribution in [1.29, 1.82) is 0 Å². The molecule has 0 aliphatic heterocycles. The molecule has 0 aliphatic rings. The van der Waals surface area contributed by atoms with Crippen LogP contribution >= 0.6 is 27.5 Å². The van der Waals surface area contributed by atoms with E-state index in [-0.39, 0.29) is 10.7 Å². The Morgan fingerprint density at radius 3 is 2.71 bits per heavy atom. The molecule has 0 fully saturated rings. The molecule has 0 unspecified atom stereocenters. The first-order chi connectivity index (χ1) is 9.74. The quantitative estimate of drug-likeness (QED) is 0.835. The Bertz CT molecular complexity index is 789. The van der Waals surface area contributed by atoms with E-state index in [1.807, 2.05) is 13.8 Å². The maximum Gasteiger partial charge on any atom is 0.267 e. The van der Waals surface area contributed by atoms with E-state index in [0.29, 0.717) is 21.7 Å². The van der Waals surface area contributed by atoms with Gasteiger partial charge >= 0.3 is 0 Å². The van der Waals surface area contributed by atoms with E-state index < -0.39 is 10.0 Å². The van der Waals surface area contributed by atoms with Crippen molar-refractivity contribution in [3.05, 3.63) is 33.4 Å². The van der Waals surface area contributed by atoms with Crippen LogP contribution in [0.15, 0.2) is 27.7 Å². The van der Waals surface area contributed by atoms with E-state index in [2.05, 4.69) is 25.8 Å². The van der Waals surface area contributed by atoms with Crippen molar-refractivity contribution in [2.24, 2.45) is 0 Å². The standard InChI is InChI=1S/C12H14BrClN4O2S/c1-3-18-6-11(12(15)16-18)21(19,20)17-10-5-9(14)7(2)4-8(10)13/h4-6,17H,3H2,1-2H3,(H2,15,16). The number of nitrogens with one attached hydrogen (secondary N) is 1. The Morgan fingerprint density at radius 2 is 2.14 bits per heavy atom. The van der Waals surface area contributed by atoms with Crippen molar-refractivity contribution >= 4 is 49.1 Å². The lowest BCUT2D eigenvalue weighted by Crippen LogP contribution is -2.14. The third-order valence-electron chi connectivity index (χ3n) is 2.86. The van der Waals surface area contributed by atoms with Crippen LogP contribution in [-0.4, -0.2) is 18.2 Å². The summed E-state index contributed by atoms with van der Waals surface area (Å²) < 4.78 is 29.3.